The first-order valence-electron chi connectivity index (χ1n) is 7.89. The van der Waals surface area contributed by atoms with Gasteiger partial charge in [-0.1, -0.05) is 6.92 Å². The predicted octanol–water partition coefficient (Wildman–Crippen LogP) is 2.18. The molecule has 0 aliphatic rings. The third-order valence-electron chi connectivity index (χ3n) is 3.46. The maximum Gasteiger partial charge on any atom is 0.331 e. The van der Waals surface area contributed by atoms with Gasteiger partial charge in [0.25, 0.3) is 5.91 Å². The molecule has 0 heterocycles. The molecule has 7 heteroatoms. The Hall–Kier alpha value is -2.70. The normalized spacial score (nSPS) is 11.7. The van der Waals surface area contributed by atoms with Crippen molar-refractivity contribution in [2.45, 2.75) is 26.3 Å². The van der Waals surface area contributed by atoms with Gasteiger partial charge in [-0.2, -0.15) is 0 Å². The van der Waals surface area contributed by atoms with Gasteiger partial charge in [-0.15, -0.1) is 0 Å². The van der Waals surface area contributed by atoms with Crippen LogP contribution in [0.25, 0.3) is 6.08 Å². The van der Waals surface area contributed by atoms with Crippen molar-refractivity contribution in [1.29, 1.82) is 0 Å². The summed E-state index contributed by atoms with van der Waals surface area (Å²) in [5.74, 6) is 0.467. The highest BCUT2D eigenvalue weighted by Crippen LogP contribution is 2.38. The molecule has 7 nitrogen and oxygen atoms in total. The first-order chi connectivity index (χ1) is 11.9. The number of benzene rings is 1. The summed E-state index contributed by atoms with van der Waals surface area (Å²) in [4.78, 5) is 23.3. The zero-order valence-corrected chi connectivity index (χ0v) is 15.3. The lowest BCUT2D eigenvalue weighted by molar-refractivity contribution is -0.144. The fourth-order valence-electron chi connectivity index (χ4n) is 1.97. The monoisotopic (exact) mass is 351 g/mol. The van der Waals surface area contributed by atoms with Crippen LogP contribution < -0.4 is 19.5 Å². The number of amides is 1. The molecule has 1 N–H and O–H groups in total. The first-order valence-corrected chi connectivity index (χ1v) is 7.89. The number of carbonyl (C=O) groups excluding carboxylic acids is 2. The lowest BCUT2D eigenvalue weighted by Gasteiger charge is -2.12. The molecule has 25 heavy (non-hydrogen) atoms. The van der Waals surface area contributed by atoms with E-state index in [1.54, 1.807) is 18.2 Å². The molecule has 0 saturated heterocycles. The average molecular weight is 351 g/mol. The van der Waals surface area contributed by atoms with Crippen LogP contribution in [0.2, 0.25) is 0 Å². The SMILES string of the molecule is CC[C@@H](C)NC(=O)COC(=O)/C=C/c1cc(OC)c(OC)c(OC)c1. The van der Waals surface area contributed by atoms with Gasteiger partial charge in [0.15, 0.2) is 18.1 Å². The Morgan fingerprint density at radius 2 is 1.72 bits per heavy atom. The minimum Gasteiger partial charge on any atom is -0.493 e. The van der Waals surface area contributed by atoms with Crippen LogP contribution in [0.1, 0.15) is 25.8 Å². The number of methoxy groups -OCH3 is 3. The molecule has 1 rings (SSSR count). The minimum absolute atomic E-state index is 0.0426. The summed E-state index contributed by atoms with van der Waals surface area (Å²) < 4.78 is 20.6. The fraction of sp³-hybridized carbons (Fsp3) is 0.444. The summed E-state index contributed by atoms with van der Waals surface area (Å²) in [6, 6.07) is 3.43. The van der Waals surface area contributed by atoms with E-state index in [2.05, 4.69) is 5.32 Å². The molecule has 0 spiro atoms. The highest BCUT2D eigenvalue weighted by molar-refractivity contribution is 5.89. The van der Waals surface area contributed by atoms with Crippen molar-refractivity contribution in [3.05, 3.63) is 23.8 Å². The maximum atomic E-state index is 11.7. The second-order valence-electron chi connectivity index (χ2n) is 5.28. The van der Waals surface area contributed by atoms with Crippen molar-refractivity contribution in [3.8, 4) is 17.2 Å². The molecule has 138 valence electrons. The van der Waals surface area contributed by atoms with Gasteiger partial charge in [-0.05, 0) is 37.1 Å². The Kier molecular flexibility index (Phi) is 8.32. The molecule has 1 amide bonds. The van der Waals surface area contributed by atoms with Crippen LogP contribution in [-0.2, 0) is 14.3 Å². The van der Waals surface area contributed by atoms with Gasteiger partial charge in [0.1, 0.15) is 0 Å². The first kappa shape index (κ1) is 20.3. The van der Waals surface area contributed by atoms with Crippen molar-refractivity contribution >= 4 is 18.0 Å². The highest BCUT2D eigenvalue weighted by atomic mass is 16.5. The molecule has 0 unspecified atom stereocenters. The minimum atomic E-state index is -0.618. The van der Waals surface area contributed by atoms with Crippen LogP contribution in [0.3, 0.4) is 0 Å². The fourth-order valence-corrected chi connectivity index (χ4v) is 1.97. The van der Waals surface area contributed by atoms with Gasteiger partial charge in [-0.3, -0.25) is 4.79 Å². The molecular weight excluding hydrogens is 326 g/mol. The molecule has 1 atom stereocenters. The van der Waals surface area contributed by atoms with Crippen LogP contribution in [0.15, 0.2) is 18.2 Å². The van der Waals surface area contributed by atoms with Crippen LogP contribution in [0.4, 0.5) is 0 Å². The number of carbonyl (C=O) groups is 2. The second kappa shape index (κ2) is 10.2. The quantitative estimate of drug-likeness (QED) is 0.542. The molecular formula is C18H25NO6. The van der Waals surface area contributed by atoms with E-state index in [4.69, 9.17) is 18.9 Å². The van der Waals surface area contributed by atoms with Crippen molar-refractivity contribution < 1.29 is 28.5 Å². The van der Waals surface area contributed by atoms with E-state index in [0.717, 1.165) is 6.42 Å². The molecule has 1 aromatic carbocycles. The topological polar surface area (TPSA) is 83.1 Å². The molecule has 1 aromatic rings. The van der Waals surface area contributed by atoms with E-state index in [1.165, 1.54) is 27.4 Å². The van der Waals surface area contributed by atoms with E-state index < -0.39 is 5.97 Å². The lowest BCUT2D eigenvalue weighted by atomic mass is 10.1. The van der Waals surface area contributed by atoms with Crippen LogP contribution in [0, 0.1) is 0 Å². The molecule has 0 saturated carbocycles. The third kappa shape index (κ3) is 6.37. The van der Waals surface area contributed by atoms with E-state index in [1.807, 2.05) is 13.8 Å². The molecule has 0 bridgehead atoms. The van der Waals surface area contributed by atoms with Crippen LogP contribution in [-0.4, -0.2) is 45.9 Å². The maximum absolute atomic E-state index is 11.7. The number of rotatable bonds is 9. The molecule has 0 fully saturated rings. The Morgan fingerprint density at radius 3 is 2.20 bits per heavy atom. The third-order valence-corrected chi connectivity index (χ3v) is 3.46. The van der Waals surface area contributed by atoms with Gasteiger partial charge in [0.2, 0.25) is 5.75 Å². The van der Waals surface area contributed by atoms with Crippen molar-refractivity contribution in [2.75, 3.05) is 27.9 Å². The van der Waals surface area contributed by atoms with Crippen LogP contribution in [0.5, 0.6) is 17.2 Å². The molecule has 0 radical (unpaired) electrons. The summed E-state index contributed by atoms with van der Waals surface area (Å²) >= 11 is 0. The highest BCUT2D eigenvalue weighted by Gasteiger charge is 2.12. The van der Waals surface area contributed by atoms with E-state index >= 15 is 0 Å². The van der Waals surface area contributed by atoms with Crippen molar-refractivity contribution in [3.63, 3.8) is 0 Å². The lowest BCUT2D eigenvalue weighted by Crippen LogP contribution is -2.35. The Balaban J connectivity index is 2.71. The summed E-state index contributed by atoms with van der Waals surface area (Å²) in [7, 11) is 4.53. The smallest absolute Gasteiger partial charge is 0.331 e. The summed E-state index contributed by atoms with van der Waals surface area (Å²) in [5, 5.41) is 2.71. The van der Waals surface area contributed by atoms with Gasteiger partial charge in [0.05, 0.1) is 21.3 Å². The number of ether oxygens (including phenoxy) is 4. The van der Waals surface area contributed by atoms with E-state index in [0.29, 0.717) is 22.8 Å². The van der Waals surface area contributed by atoms with Gasteiger partial charge in [0, 0.05) is 12.1 Å². The largest absolute Gasteiger partial charge is 0.493 e. The van der Waals surface area contributed by atoms with Crippen LogP contribution >= 0.6 is 0 Å². The molecule has 0 aromatic heterocycles. The zero-order valence-electron chi connectivity index (χ0n) is 15.3. The Morgan fingerprint density at radius 1 is 1.12 bits per heavy atom. The molecule has 0 aliphatic carbocycles. The Labute approximate surface area is 147 Å². The van der Waals surface area contributed by atoms with Gasteiger partial charge < -0.3 is 24.3 Å². The van der Waals surface area contributed by atoms with E-state index in [9.17, 15) is 9.59 Å². The number of hydrogen-bond acceptors (Lipinski definition) is 6. The summed E-state index contributed by atoms with van der Waals surface area (Å²) in [6.45, 7) is 3.52. The number of nitrogens with one attached hydrogen (secondary N) is 1. The average Bonchev–Trinajstić information content (AvgIpc) is 2.63. The molecule has 0 aliphatic heterocycles. The van der Waals surface area contributed by atoms with E-state index in [-0.39, 0.29) is 18.6 Å². The van der Waals surface area contributed by atoms with Gasteiger partial charge in [-0.25, -0.2) is 4.79 Å². The summed E-state index contributed by atoms with van der Waals surface area (Å²) in [5.41, 5.74) is 0.663. The standard InChI is InChI=1S/C18H25NO6/c1-6-12(2)19-16(20)11-25-17(21)8-7-13-9-14(22-3)18(24-5)15(10-13)23-4/h7-10,12H,6,11H2,1-5H3,(H,19,20)/b8-7+/t12-/m1/s1. The predicted molar refractivity (Wildman–Crippen MR) is 94.0 cm³/mol. The number of hydrogen-bond donors (Lipinski definition) is 1. The summed E-state index contributed by atoms with van der Waals surface area (Å²) in [6.07, 6.45) is 3.58. The second-order valence-corrected chi connectivity index (χ2v) is 5.28. The number of esters is 1. The Bertz CT molecular complexity index is 601. The van der Waals surface area contributed by atoms with Gasteiger partial charge >= 0.3 is 5.97 Å². The van der Waals surface area contributed by atoms with Crippen molar-refractivity contribution in [2.24, 2.45) is 0 Å². The zero-order chi connectivity index (χ0) is 18.8. The van der Waals surface area contributed by atoms with Crippen molar-refractivity contribution in [1.82, 2.24) is 5.32 Å².